The molecule has 0 saturated heterocycles. The van der Waals surface area contributed by atoms with E-state index in [9.17, 15) is 0 Å². The molecule has 4 heteroatoms. The van der Waals surface area contributed by atoms with Crippen LogP contribution in [0.1, 0.15) is 0 Å². The van der Waals surface area contributed by atoms with E-state index in [1.54, 1.807) is 0 Å². The number of hydrogen-bond donors (Lipinski definition) is 0. The van der Waals surface area contributed by atoms with Crippen molar-refractivity contribution in [2.45, 2.75) is 9.32 Å². The average Bonchev–Trinajstić information content (AvgIpc) is 1.20. The molecule has 16 radical (unpaired) electrons. The van der Waals surface area contributed by atoms with E-state index in [-0.39, 0.29) is 9.32 Å². The summed E-state index contributed by atoms with van der Waals surface area (Å²) in [4.78, 5) is 0. The number of hydrogen-bond acceptors (Lipinski definition) is 0. The van der Waals surface area contributed by atoms with Crippen molar-refractivity contribution in [2.75, 3.05) is 0 Å². The monoisotopic (exact) mass is 160 g/mol. The van der Waals surface area contributed by atoms with E-state index in [1.807, 2.05) is 0 Å². The summed E-state index contributed by atoms with van der Waals surface area (Å²) in [6.45, 7) is 0. The van der Waals surface area contributed by atoms with Gasteiger partial charge in [-0.3, -0.25) is 0 Å². The molecule has 1 aliphatic carbocycles. The van der Waals surface area contributed by atoms with Crippen LogP contribution in [-0.4, -0.2) is 41.0 Å². The maximum absolute atomic E-state index is 3.32. The Labute approximate surface area is 63.5 Å². The molecular weight excluding hydrogens is 160 g/mol. The summed E-state index contributed by atoms with van der Waals surface area (Å²) in [5.41, 5.74) is 0. The standard InChI is InChI=1S/C4Si4/c5-3(6)1-4(7,8)2-3. The van der Waals surface area contributed by atoms with Crippen molar-refractivity contribution in [3.05, 3.63) is 12.8 Å². The Bertz CT molecular complexity index is 84.6. The minimum absolute atomic E-state index is 0.330. The lowest BCUT2D eigenvalue weighted by atomic mass is 9.96. The first-order chi connectivity index (χ1) is 3.41. The van der Waals surface area contributed by atoms with Gasteiger partial charge < -0.3 is 0 Å². The first-order valence-corrected chi connectivity index (χ1v) is 4.00. The van der Waals surface area contributed by atoms with E-state index >= 15 is 0 Å². The summed E-state index contributed by atoms with van der Waals surface area (Å²) in [5, 5.41) is 0. The highest BCUT2D eigenvalue weighted by Gasteiger charge is 2.43. The zero-order valence-electron chi connectivity index (χ0n) is 4.00. The molecule has 0 nitrogen and oxygen atoms in total. The van der Waals surface area contributed by atoms with Crippen LogP contribution in [0.25, 0.3) is 0 Å². The molecule has 1 rings (SSSR count). The van der Waals surface area contributed by atoms with Gasteiger partial charge in [-0.25, -0.2) is 0 Å². The topological polar surface area (TPSA) is 0 Å². The summed E-state index contributed by atoms with van der Waals surface area (Å²) in [7, 11) is 13.3. The van der Waals surface area contributed by atoms with Crippen molar-refractivity contribution < 1.29 is 0 Å². The Morgan fingerprint density at radius 2 is 1.00 bits per heavy atom. The first kappa shape index (κ1) is 6.98. The predicted octanol–water partition coefficient (Wildman–Crippen LogP) is -0.931. The molecule has 0 atom stereocenters. The zero-order chi connectivity index (χ0) is 6.41. The van der Waals surface area contributed by atoms with Crippen molar-refractivity contribution in [1.82, 2.24) is 0 Å². The minimum atomic E-state index is -0.330. The van der Waals surface area contributed by atoms with Gasteiger partial charge in [-0.1, -0.05) is 0 Å². The summed E-state index contributed by atoms with van der Waals surface area (Å²) in [5.74, 6) is 0. The molecule has 1 fully saturated rings. The lowest BCUT2D eigenvalue weighted by molar-refractivity contribution is 0.716. The highest BCUT2D eigenvalue weighted by Crippen LogP contribution is 2.54. The van der Waals surface area contributed by atoms with E-state index < -0.39 is 0 Å². The van der Waals surface area contributed by atoms with Gasteiger partial charge >= 0.3 is 0 Å². The summed E-state index contributed by atoms with van der Waals surface area (Å²) < 4.78 is -0.660. The number of rotatable bonds is 0. The summed E-state index contributed by atoms with van der Waals surface area (Å²) in [6.07, 6.45) is 6.00. The van der Waals surface area contributed by atoms with E-state index in [4.69, 9.17) is 0 Å². The molecule has 0 spiro atoms. The van der Waals surface area contributed by atoms with Crippen LogP contribution in [0.2, 0.25) is 9.32 Å². The van der Waals surface area contributed by atoms with Crippen LogP contribution in [0.3, 0.4) is 0 Å². The van der Waals surface area contributed by atoms with Gasteiger partial charge in [0.2, 0.25) is 0 Å². The highest BCUT2D eigenvalue weighted by atomic mass is 28.2. The molecule has 0 aromatic heterocycles. The molecule has 0 N–H and O–H groups in total. The van der Waals surface area contributed by atoms with Crippen LogP contribution in [0.4, 0.5) is 0 Å². The van der Waals surface area contributed by atoms with Crippen LogP contribution in [-0.2, 0) is 0 Å². The van der Waals surface area contributed by atoms with Crippen molar-refractivity contribution in [2.24, 2.45) is 0 Å². The second-order valence-electron chi connectivity index (χ2n) is 1.75. The van der Waals surface area contributed by atoms with Crippen LogP contribution in [0, 0.1) is 12.8 Å². The van der Waals surface area contributed by atoms with E-state index in [1.165, 1.54) is 0 Å². The fraction of sp³-hybridized carbons (Fsp3) is 0.500. The second-order valence-corrected chi connectivity index (χ2v) is 5.75. The maximum atomic E-state index is 3.32. The molecule has 0 amide bonds. The van der Waals surface area contributed by atoms with Crippen molar-refractivity contribution in [1.29, 1.82) is 0 Å². The molecule has 32 valence electrons. The molecule has 0 aromatic rings. The van der Waals surface area contributed by atoms with Gasteiger partial charge in [0, 0.05) is 41.0 Å². The van der Waals surface area contributed by atoms with Gasteiger partial charge in [-0.2, -0.15) is 0 Å². The molecule has 0 heterocycles. The van der Waals surface area contributed by atoms with Crippen LogP contribution in [0.15, 0.2) is 0 Å². The van der Waals surface area contributed by atoms with Crippen molar-refractivity contribution in [3.63, 3.8) is 0 Å². The first-order valence-electron chi connectivity index (χ1n) is 2.00. The quantitative estimate of drug-likeness (QED) is 0.402. The fourth-order valence-electron chi connectivity index (χ4n) is 0.562. The molecule has 1 saturated carbocycles. The van der Waals surface area contributed by atoms with Gasteiger partial charge in [-0.05, 0) is 22.2 Å². The van der Waals surface area contributed by atoms with Crippen LogP contribution in [0.5, 0.6) is 0 Å². The lowest BCUT2D eigenvalue weighted by Gasteiger charge is -2.47. The maximum Gasteiger partial charge on any atom is 0.0278 e. The third-order valence-electron chi connectivity index (χ3n) is 0.750. The largest absolute Gasteiger partial charge is 0.0384 e. The normalized spacial score (nSPS) is 31.5. The van der Waals surface area contributed by atoms with Crippen LogP contribution < -0.4 is 0 Å². The van der Waals surface area contributed by atoms with Crippen LogP contribution >= 0.6 is 0 Å². The second kappa shape index (κ2) is 1.68. The minimum Gasteiger partial charge on any atom is -0.0384 e. The molecule has 8 heavy (non-hydrogen) atoms. The molecular formula is C4Si4. The van der Waals surface area contributed by atoms with Crippen molar-refractivity contribution in [3.8, 4) is 0 Å². The Hall–Kier alpha value is 0.868. The van der Waals surface area contributed by atoms with E-state index in [2.05, 4.69) is 53.8 Å². The van der Waals surface area contributed by atoms with Gasteiger partial charge in [-0.15, -0.1) is 0 Å². The fourth-order valence-corrected chi connectivity index (χ4v) is 3.06. The Balaban J connectivity index is 2.42. The molecule has 0 unspecified atom stereocenters. The van der Waals surface area contributed by atoms with Gasteiger partial charge in [0.15, 0.2) is 0 Å². The van der Waals surface area contributed by atoms with Gasteiger partial charge in [0.1, 0.15) is 0 Å². The highest BCUT2D eigenvalue weighted by molar-refractivity contribution is 6.53. The van der Waals surface area contributed by atoms with Gasteiger partial charge in [0.05, 0.1) is 0 Å². The lowest BCUT2D eigenvalue weighted by Crippen LogP contribution is -2.39. The average molecular weight is 160 g/mol. The SMILES string of the molecule is [Si]C1([Si])[C]C([Si])([Si])[C]1. The molecule has 0 bridgehead atoms. The third kappa shape index (κ3) is 1.43. The predicted molar refractivity (Wildman–Crippen MR) is 34.9 cm³/mol. The molecule has 0 aromatic carbocycles. The van der Waals surface area contributed by atoms with Crippen molar-refractivity contribution >= 4 is 41.0 Å². The molecule has 1 aliphatic rings. The Morgan fingerprint density at radius 3 is 1.00 bits per heavy atom. The van der Waals surface area contributed by atoms with Gasteiger partial charge in [0.25, 0.3) is 0 Å². The summed E-state index contributed by atoms with van der Waals surface area (Å²) >= 11 is 0. The smallest absolute Gasteiger partial charge is 0.0278 e. The van der Waals surface area contributed by atoms with E-state index in [0.29, 0.717) is 0 Å². The summed E-state index contributed by atoms with van der Waals surface area (Å²) in [6, 6.07) is 0. The molecule has 0 aliphatic heterocycles. The Morgan fingerprint density at radius 1 is 0.750 bits per heavy atom. The van der Waals surface area contributed by atoms with E-state index in [0.717, 1.165) is 0 Å². The Kier molecular flexibility index (Phi) is 1.46. The zero-order valence-corrected chi connectivity index (χ0v) is 8.00. The third-order valence-corrected chi connectivity index (χ3v) is 1.75.